The Labute approximate surface area is 154 Å². The molecule has 0 heterocycles. The van der Waals surface area contributed by atoms with Crippen LogP contribution in [0, 0.1) is 0 Å². The number of nitrogens with one attached hydrogen (secondary N) is 1. The Morgan fingerprint density at radius 2 is 1.50 bits per heavy atom. The van der Waals surface area contributed by atoms with E-state index < -0.39 is 6.10 Å². The Kier molecular flexibility index (Phi) is 5.69. The summed E-state index contributed by atoms with van der Waals surface area (Å²) in [6.45, 7) is 3.83. The number of hydrogen-bond acceptors (Lipinski definition) is 2. The van der Waals surface area contributed by atoms with Crippen molar-refractivity contribution in [2.45, 2.75) is 26.4 Å². The van der Waals surface area contributed by atoms with Gasteiger partial charge in [0.05, 0.1) is 0 Å². The van der Waals surface area contributed by atoms with Gasteiger partial charge in [0.15, 0.2) is 6.10 Å². The maximum Gasteiger partial charge on any atom is 0.265 e. The lowest BCUT2D eigenvalue weighted by molar-refractivity contribution is -0.122. The van der Waals surface area contributed by atoms with E-state index in [1.165, 1.54) is 0 Å². The third-order valence-corrected chi connectivity index (χ3v) is 4.30. The predicted octanol–water partition coefficient (Wildman–Crippen LogP) is 5.32. The zero-order valence-electron chi connectivity index (χ0n) is 15.1. The second-order valence-electron chi connectivity index (χ2n) is 6.15. The average Bonchev–Trinajstić information content (AvgIpc) is 2.69. The van der Waals surface area contributed by atoms with Crippen molar-refractivity contribution < 1.29 is 9.53 Å². The third kappa shape index (κ3) is 4.31. The van der Waals surface area contributed by atoms with Crippen LogP contribution in [0.4, 0.5) is 5.69 Å². The summed E-state index contributed by atoms with van der Waals surface area (Å²) in [4.78, 5) is 12.4. The molecule has 0 aliphatic carbocycles. The fourth-order valence-electron chi connectivity index (χ4n) is 2.80. The van der Waals surface area contributed by atoms with Crippen molar-refractivity contribution in [1.82, 2.24) is 0 Å². The molecule has 3 aromatic carbocycles. The molecule has 1 atom stereocenters. The first-order chi connectivity index (χ1) is 12.7. The topological polar surface area (TPSA) is 38.3 Å². The minimum absolute atomic E-state index is 0.155. The van der Waals surface area contributed by atoms with Gasteiger partial charge in [-0.2, -0.15) is 0 Å². The zero-order chi connectivity index (χ0) is 18.4. The summed E-state index contributed by atoms with van der Waals surface area (Å²) in [6, 6.07) is 25.8. The first-order valence-electron chi connectivity index (χ1n) is 8.88. The molecular weight excluding hydrogens is 322 g/mol. The number of para-hydroxylation sites is 1. The van der Waals surface area contributed by atoms with Crippen molar-refractivity contribution >= 4 is 11.6 Å². The Bertz CT molecular complexity index is 857. The molecule has 3 nitrogen and oxygen atoms in total. The van der Waals surface area contributed by atoms with Gasteiger partial charge in [0.1, 0.15) is 5.75 Å². The van der Waals surface area contributed by atoms with E-state index in [1.807, 2.05) is 66.7 Å². The summed E-state index contributed by atoms with van der Waals surface area (Å²) in [5.41, 5.74) is 4.23. The van der Waals surface area contributed by atoms with Crippen molar-refractivity contribution in [2.24, 2.45) is 0 Å². The van der Waals surface area contributed by atoms with Gasteiger partial charge >= 0.3 is 0 Å². The second kappa shape index (κ2) is 8.34. The van der Waals surface area contributed by atoms with E-state index in [2.05, 4.69) is 24.4 Å². The number of carbonyl (C=O) groups is 1. The van der Waals surface area contributed by atoms with Crippen LogP contribution in [0.25, 0.3) is 11.1 Å². The highest BCUT2D eigenvalue weighted by molar-refractivity contribution is 5.94. The molecule has 1 N–H and O–H groups in total. The molecular formula is C23H23NO2. The number of aryl methyl sites for hydroxylation is 1. The van der Waals surface area contributed by atoms with Crippen molar-refractivity contribution in [2.75, 3.05) is 5.32 Å². The third-order valence-electron chi connectivity index (χ3n) is 4.30. The first-order valence-corrected chi connectivity index (χ1v) is 8.88. The van der Waals surface area contributed by atoms with Crippen LogP contribution < -0.4 is 10.1 Å². The van der Waals surface area contributed by atoms with Crippen molar-refractivity contribution in [3.05, 3.63) is 84.4 Å². The van der Waals surface area contributed by atoms with Gasteiger partial charge < -0.3 is 10.1 Å². The summed E-state index contributed by atoms with van der Waals surface area (Å²) in [5.74, 6) is 0.522. The lowest BCUT2D eigenvalue weighted by Gasteiger charge is -2.16. The summed E-state index contributed by atoms with van der Waals surface area (Å²) in [6.07, 6.45) is 0.287. The molecule has 0 saturated heterocycles. The summed E-state index contributed by atoms with van der Waals surface area (Å²) in [5, 5.41) is 2.95. The lowest BCUT2D eigenvalue weighted by Crippen LogP contribution is -2.30. The standard InChI is InChI=1S/C23H23NO2/c1-3-18-9-7-8-12-22(18)24-23(25)17(2)26-21-15-13-20(14-16-21)19-10-5-4-6-11-19/h4-17H,3H2,1-2H3,(H,24,25). The van der Waals surface area contributed by atoms with E-state index in [0.717, 1.165) is 28.8 Å². The van der Waals surface area contributed by atoms with Crippen LogP contribution in [0.15, 0.2) is 78.9 Å². The molecule has 0 aliphatic rings. The van der Waals surface area contributed by atoms with Gasteiger partial charge in [0, 0.05) is 5.69 Å². The van der Waals surface area contributed by atoms with E-state index in [4.69, 9.17) is 4.74 Å². The smallest absolute Gasteiger partial charge is 0.265 e. The van der Waals surface area contributed by atoms with Crippen LogP contribution in [0.3, 0.4) is 0 Å². The van der Waals surface area contributed by atoms with Gasteiger partial charge in [-0.25, -0.2) is 0 Å². The van der Waals surface area contributed by atoms with Crippen molar-refractivity contribution in [3.8, 4) is 16.9 Å². The van der Waals surface area contributed by atoms with Gasteiger partial charge in [-0.3, -0.25) is 4.79 Å². The summed E-state index contributed by atoms with van der Waals surface area (Å²) in [7, 11) is 0. The number of amides is 1. The van der Waals surface area contributed by atoms with Crippen LogP contribution in [0.2, 0.25) is 0 Å². The fourth-order valence-corrected chi connectivity index (χ4v) is 2.80. The molecule has 132 valence electrons. The molecule has 0 radical (unpaired) electrons. The van der Waals surface area contributed by atoms with Gasteiger partial charge in [-0.1, -0.05) is 67.6 Å². The molecule has 26 heavy (non-hydrogen) atoms. The maximum absolute atomic E-state index is 12.4. The second-order valence-corrected chi connectivity index (χ2v) is 6.15. The van der Waals surface area contributed by atoms with E-state index in [0.29, 0.717) is 5.75 Å². The lowest BCUT2D eigenvalue weighted by atomic mass is 10.1. The molecule has 0 bridgehead atoms. The van der Waals surface area contributed by atoms with Crippen LogP contribution in [-0.2, 0) is 11.2 Å². The van der Waals surface area contributed by atoms with E-state index in [-0.39, 0.29) is 5.91 Å². The van der Waals surface area contributed by atoms with Crippen LogP contribution >= 0.6 is 0 Å². The molecule has 0 fully saturated rings. The molecule has 0 saturated carbocycles. The highest BCUT2D eigenvalue weighted by Crippen LogP contribution is 2.23. The quantitative estimate of drug-likeness (QED) is 0.656. The Balaban J connectivity index is 1.64. The minimum atomic E-state index is -0.581. The number of hydrogen-bond donors (Lipinski definition) is 1. The van der Waals surface area contributed by atoms with Crippen molar-refractivity contribution in [1.29, 1.82) is 0 Å². The summed E-state index contributed by atoms with van der Waals surface area (Å²) < 4.78 is 5.80. The summed E-state index contributed by atoms with van der Waals surface area (Å²) >= 11 is 0. The Hall–Kier alpha value is -3.07. The monoisotopic (exact) mass is 345 g/mol. The number of rotatable bonds is 6. The molecule has 3 rings (SSSR count). The largest absolute Gasteiger partial charge is 0.481 e. The highest BCUT2D eigenvalue weighted by Gasteiger charge is 2.16. The predicted molar refractivity (Wildman–Crippen MR) is 106 cm³/mol. The van der Waals surface area contributed by atoms with Crippen LogP contribution in [0.1, 0.15) is 19.4 Å². The van der Waals surface area contributed by atoms with E-state index in [9.17, 15) is 4.79 Å². The van der Waals surface area contributed by atoms with Crippen LogP contribution in [-0.4, -0.2) is 12.0 Å². The molecule has 1 amide bonds. The molecule has 0 aromatic heterocycles. The molecule has 0 spiro atoms. The minimum Gasteiger partial charge on any atom is -0.481 e. The van der Waals surface area contributed by atoms with Gasteiger partial charge in [-0.15, -0.1) is 0 Å². The van der Waals surface area contributed by atoms with Gasteiger partial charge in [-0.05, 0) is 48.2 Å². The number of carbonyl (C=O) groups excluding carboxylic acids is 1. The number of ether oxygens (including phenoxy) is 1. The average molecular weight is 345 g/mol. The molecule has 3 aromatic rings. The zero-order valence-corrected chi connectivity index (χ0v) is 15.1. The van der Waals surface area contributed by atoms with Gasteiger partial charge in [0.25, 0.3) is 5.91 Å². The van der Waals surface area contributed by atoms with Gasteiger partial charge in [0.2, 0.25) is 0 Å². The van der Waals surface area contributed by atoms with E-state index in [1.54, 1.807) is 6.92 Å². The van der Waals surface area contributed by atoms with Crippen LogP contribution in [0.5, 0.6) is 5.75 Å². The van der Waals surface area contributed by atoms with E-state index >= 15 is 0 Å². The Morgan fingerprint density at radius 1 is 0.885 bits per heavy atom. The Morgan fingerprint density at radius 3 is 2.19 bits per heavy atom. The highest BCUT2D eigenvalue weighted by atomic mass is 16.5. The maximum atomic E-state index is 12.4. The molecule has 3 heteroatoms. The fraction of sp³-hybridized carbons (Fsp3) is 0.174. The first kappa shape index (κ1) is 17.7. The SMILES string of the molecule is CCc1ccccc1NC(=O)C(C)Oc1ccc(-c2ccccc2)cc1. The number of anilines is 1. The normalized spacial score (nSPS) is 11.6. The molecule has 1 unspecified atom stereocenters. The van der Waals surface area contributed by atoms with Crippen molar-refractivity contribution in [3.63, 3.8) is 0 Å². The molecule has 0 aliphatic heterocycles. The number of benzene rings is 3.